The van der Waals surface area contributed by atoms with E-state index in [1.54, 1.807) is 29.2 Å². The van der Waals surface area contributed by atoms with Gasteiger partial charge in [-0.3, -0.25) is 4.79 Å². The monoisotopic (exact) mass is 429 g/mol. The molecule has 2 aromatic carbocycles. The third-order valence-corrected chi connectivity index (χ3v) is 6.95. The molecule has 0 spiro atoms. The number of benzene rings is 2. The van der Waals surface area contributed by atoms with Gasteiger partial charge in [-0.15, -0.1) is 0 Å². The number of unbranched alkanes of at least 4 members (excludes halogenated alkanes) is 1. The van der Waals surface area contributed by atoms with Crippen molar-refractivity contribution < 1.29 is 17.6 Å². The van der Waals surface area contributed by atoms with Crippen molar-refractivity contribution in [3.05, 3.63) is 59.9 Å². The Bertz CT molecular complexity index is 1020. The van der Waals surface area contributed by atoms with E-state index in [2.05, 4.69) is 4.90 Å². The Morgan fingerprint density at radius 3 is 2.37 bits per heavy atom. The lowest BCUT2D eigenvalue weighted by atomic mass is 10.2. The average Bonchev–Trinajstić information content (AvgIpc) is 3.00. The van der Waals surface area contributed by atoms with Crippen LogP contribution in [-0.4, -0.2) is 51.2 Å². The fourth-order valence-corrected chi connectivity index (χ4v) is 4.79. The first-order chi connectivity index (χ1) is 14.4. The molecule has 0 aliphatic carbocycles. The van der Waals surface area contributed by atoms with Crippen LogP contribution < -0.4 is 4.90 Å². The van der Waals surface area contributed by atoms with Gasteiger partial charge in [0.05, 0.1) is 16.7 Å². The third-order valence-electron chi connectivity index (χ3n) is 5.14. The van der Waals surface area contributed by atoms with Gasteiger partial charge in [0.1, 0.15) is 5.82 Å². The van der Waals surface area contributed by atoms with E-state index in [4.69, 9.17) is 5.26 Å². The van der Waals surface area contributed by atoms with Crippen molar-refractivity contribution in [3.8, 4) is 6.07 Å². The first kappa shape index (κ1) is 21.8. The van der Waals surface area contributed by atoms with E-state index in [9.17, 15) is 17.6 Å². The standard InChI is InChI=1S/C22H24FN3O3S/c23-19-6-8-20(9-7-19)25-13-3-14-26(16-15-25)22(27)18-4-10-21(11-5-18)30(28,29)17-2-1-12-24/h4-11H,1-3,13-17H2. The molecule has 158 valence electrons. The molecule has 0 N–H and O–H groups in total. The molecule has 1 fully saturated rings. The van der Waals surface area contributed by atoms with Gasteiger partial charge in [0.15, 0.2) is 9.84 Å². The molecule has 1 amide bonds. The number of anilines is 1. The van der Waals surface area contributed by atoms with Gasteiger partial charge in [-0.05, 0) is 61.4 Å². The Kier molecular flexibility index (Phi) is 7.06. The summed E-state index contributed by atoms with van der Waals surface area (Å²) in [6.07, 6.45) is 1.27. The molecule has 8 heteroatoms. The van der Waals surface area contributed by atoms with Crippen LogP contribution in [0.25, 0.3) is 0 Å². The zero-order valence-corrected chi connectivity index (χ0v) is 17.4. The number of hydrogen-bond donors (Lipinski definition) is 0. The van der Waals surface area contributed by atoms with Crippen LogP contribution in [0, 0.1) is 17.1 Å². The summed E-state index contributed by atoms with van der Waals surface area (Å²) in [7, 11) is -3.46. The van der Waals surface area contributed by atoms with Crippen LogP contribution in [0.2, 0.25) is 0 Å². The normalized spacial score (nSPS) is 14.8. The summed E-state index contributed by atoms with van der Waals surface area (Å²) in [5.41, 5.74) is 1.37. The molecule has 1 aliphatic rings. The smallest absolute Gasteiger partial charge is 0.253 e. The van der Waals surface area contributed by atoms with E-state index in [1.165, 1.54) is 24.3 Å². The molecule has 0 radical (unpaired) electrons. The Morgan fingerprint density at radius 2 is 1.70 bits per heavy atom. The minimum Gasteiger partial charge on any atom is -0.370 e. The van der Waals surface area contributed by atoms with Crippen LogP contribution in [0.4, 0.5) is 10.1 Å². The number of carbonyl (C=O) groups is 1. The van der Waals surface area contributed by atoms with E-state index >= 15 is 0 Å². The lowest BCUT2D eigenvalue weighted by Crippen LogP contribution is -2.35. The molecule has 0 bridgehead atoms. The van der Waals surface area contributed by atoms with E-state index in [0.29, 0.717) is 25.2 Å². The highest BCUT2D eigenvalue weighted by Gasteiger charge is 2.21. The summed E-state index contributed by atoms with van der Waals surface area (Å²) in [6, 6.07) is 14.3. The first-order valence-electron chi connectivity index (χ1n) is 9.90. The topological polar surface area (TPSA) is 81.5 Å². The third kappa shape index (κ3) is 5.36. The van der Waals surface area contributed by atoms with Crippen LogP contribution in [0.5, 0.6) is 0 Å². The van der Waals surface area contributed by atoms with Gasteiger partial charge in [-0.25, -0.2) is 12.8 Å². The molecular weight excluding hydrogens is 405 g/mol. The zero-order valence-electron chi connectivity index (χ0n) is 16.6. The minimum atomic E-state index is -3.46. The Balaban J connectivity index is 1.63. The molecule has 1 aliphatic heterocycles. The molecule has 0 aromatic heterocycles. The van der Waals surface area contributed by atoms with Crippen molar-refractivity contribution in [1.82, 2.24) is 4.90 Å². The summed E-state index contributed by atoms with van der Waals surface area (Å²) in [4.78, 5) is 16.9. The molecule has 2 aromatic rings. The second-order valence-electron chi connectivity index (χ2n) is 7.21. The van der Waals surface area contributed by atoms with Crippen molar-refractivity contribution in [1.29, 1.82) is 5.26 Å². The lowest BCUT2D eigenvalue weighted by molar-refractivity contribution is 0.0767. The van der Waals surface area contributed by atoms with Crippen LogP contribution in [-0.2, 0) is 9.84 Å². The molecule has 3 rings (SSSR count). The number of nitriles is 1. The maximum atomic E-state index is 13.1. The summed E-state index contributed by atoms with van der Waals surface area (Å²) >= 11 is 0. The SMILES string of the molecule is N#CCCCS(=O)(=O)c1ccc(C(=O)N2CCCN(c3ccc(F)cc3)CC2)cc1. The van der Waals surface area contributed by atoms with Gasteiger partial charge in [0.25, 0.3) is 5.91 Å². The quantitative estimate of drug-likeness (QED) is 0.659. The Morgan fingerprint density at radius 1 is 1.00 bits per heavy atom. The van der Waals surface area contributed by atoms with Gasteiger partial charge in [0, 0.05) is 43.9 Å². The molecular formula is C22H24FN3O3S. The lowest BCUT2D eigenvalue weighted by Gasteiger charge is -2.23. The van der Waals surface area contributed by atoms with Crippen molar-refractivity contribution in [2.45, 2.75) is 24.2 Å². The second-order valence-corrected chi connectivity index (χ2v) is 9.32. The predicted molar refractivity (Wildman–Crippen MR) is 112 cm³/mol. The van der Waals surface area contributed by atoms with Crippen LogP contribution in [0.3, 0.4) is 0 Å². The van der Waals surface area contributed by atoms with Crippen LogP contribution >= 0.6 is 0 Å². The number of carbonyl (C=O) groups excluding carboxylic acids is 1. The highest BCUT2D eigenvalue weighted by molar-refractivity contribution is 7.91. The molecule has 0 atom stereocenters. The molecule has 6 nitrogen and oxygen atoms in total. The molecule has 1 heterocycles. The van der Waals surface area contributed by atoms with Gasteiger partial charge >= 0.3 is 0 Å². The highest BCUT2D eigenvalue weighted by atomic mass is 32.2. The highest BCUT2D eigenvalue weighted by Crippen LogP contribution is 2.19. The average molecular weight is 430 g/mol. The molecule has 1 saturated heterocycles. The summed E-state index contributed by atoms with van der Waals surface area (Å²) < 4.78 is 37.7. The predicted octanol–water partition coefficient (Wildman–Crippen LogP) is 3.26. The Labute approximate surface area is 176 Å². The van der Waals surface area contributed by atoms with Crippen molar-refractivity contribution in [3.63, 3.8) is 0 Å². The summed E-state index contributed by atoms with van der Waals surface area (Å²) in [5, 5.41) is 8.56. The molecule has 0 saturated carbocycles. The van der Waals surface area contributed by atoms with Gasteiger partial charge in [-0.2, -0.15) is 5.26 Å². The maximum absolute atomic E-state index is 13.1. The van der Waals surface area contributed by atoms with Crippen LogP contribution in [0.15, 0.2) is 53.4 Å². The van der Waals surface area contributed by atoms with E-state index in [-0.39, 0.29) is 35.2 Å². The number of sulfone groups is 1. The van der Waals surface area contributed by atoms with Crippen molar-refractivity contribution in [2.75, 3.05) is 36.8 Å². The summed E-state index contributed by atoms with van der Waals surface area (Å²) in [5.74, 6) is -0.496. The largest absolute Gasteiger partial charge is 0.370 e. The van der Waals surface area contributed by atoms with Gasteiger partial charge in [-0.1, -0.05) is 0 Å². The van der Waals surface area contributed by atoms with Crippen LogP contribution in [0.1, 0.15) is 29.6 Å². The Hall–Kier alpha value is -2.92. The number of halogens is 1. The van der Waals surface area contributed by atoms with E-state index in [1.807, 2.05) is 6.07 Å². The van der Waals surface area contributed by atoms with Gasteiger partial charge < -0.3 is 9.80 Å². The molecule has 0 unspecified atom stereocenters. The minimum absolute atomic E-state index is 0.0841. The fourth-order valence-electron chi connectivity index (χ4n) is 3.48. The fraction of sp³-hybridized carbons (Fsp3) is 0.364. The van der Waals surface area contributed by atoms with Crippen molar-refractivity contribution >= 4 is 21.4 Å². The zero-order chi connectivity index (χ0) is 21.6. The molecule has 30 heavy (non-hydrogen) atoms. The van der Waals surface area contributed by atoms with E-state index < -0.39 is 9.84 Å². The number of amides is 1. The summed E-state index contributed by atoms with van der Waals surface area (Å²) in [6.45, 7) is 2.55. The first-order valence-corrected chi connectivity index (χ1v) is 11.6. The number of nitrogens with zero attached hydrogens (tertiary/aromatic N) is 3. The number of rotatable bonds is 6. The van der Waals surface area contributed by atoms with Gasteiger partial charge in [0.2, 0.25) is 0 Å². The van der Waals surface area contributed by atoms with Crippen molar-refractivity contribution in [2.24, 2.45) is 0 Å². The number of hydrogen-bond acceptors (Lipinski definition) is 5. The maximum Gasteiger partial charge on any atom is 0.253 e. The van der Waals surface area contributed by atoms with E-state index in [0.717, 1.165) is 18.7 Å². The second kappa shape index (κ2) is 9.72.